The third-order valence-electron chi connectivity index (χ3n) is 6.35. The summed E-state index contributed by atoms with van der Waals surface area (Å²) >= 11 is 0. The predicted molar refractivity (Wildman–Crippen MR) is 172 cm³/mol. The molecule has 0 saturated carbocycles. The highest BCUT2D eigenvalue weighted by atomic mass is 16.6. The first-order valence-corrected chi connectivity index (χ1v) is 16.2. The van der Waals surface area contributed by atoms with Crippen LogP contribution < -0.4 is 18.9 Å². The minimum absolute atomic E-state index is 0.103. The molecule has 14 heteroatoms. The molecule has 0 fully saturated rings. The van der Waals surface area contributed by atoms with E-state index in [1.54, 1.807) is 13.8 Å². The van der Waals surface area contributed by atoms with Crippen LogP contribution in [0.15, 0.2) is 36.4 Å². The van der Waals surface area contributed by atoms with Crippen LogP contribution in [0.25, 0.3) is 0 Å². The van der Waals surface area contributed by atoms with E-state index in [0.29, 0.717) is 79.3 Å². The van der Waals surface area contributed by atoms with Gasteiger partial charge in [0.05, 0.1) is 92.5 Å². The van der Waals surface area contributed by atoms with Crippen LogP contribution in [0.5, 0.6) is 23.0 Å². The van der Waals surface area contributed by atoms with Crippen LogP contribution in [0.3, 0.4) is 0 Å². The van der Waals surface area contributed by atoms with E-state index < -0.39 is 11.9 Å². The summed E-state index contributed by atoms with van der Waals surface area (Å²) in [5, 5.41) is 0. The lowest BCUT2D eigenvalue weighted by Crippen LogP contribution is -2.17. The number of esters is 2. The van der Waals surface area contributed by atoms with Gasteiger partial charge in [0.2, 0.25) is 0 Å². The quantitative estimate of drug-likeness (QED) is 0.435. The summed E-state index contributed by atoms with van der Waals surface area (Å²) in [7, 11) is 0. The van der Waals surface area contributed by atoms with Gasteiger partial charge in [0.1, 0.15) is 60.6 Å². The van der Waals surface area contributed by atoms with E-state index in [1.807, 2.05) is 24.3 Å². The molecular weight excluding hydrogens is 632 g/mol. The summed E-state index contributed by atoms with van der Waals surface area (Å²) in [4.78, 5) is 25.6. The SMILES string of the molecule is CCOC(=O)c1cc2c(C(=O)OCC)cc1OCCOCCOCCOCCOc1ccc(cc1)OCCOCCOCCOCCO2. The molecule has 0 aromatic heterocycles. The molecule has 2 aromatic rings. The van der Waals surface area contributed by atoms with Crippen molar-refractivity contribution >= 4 is 11.9 Å². The second kappa shape index (κ2) is 24.5. The standard InChI is InChI=1S/C34H48O14/c1-3-43-33(35)29-25-32-30(34(36)44-4-2)26-31(29)47-23-19-41-15-11-37-9-13-39-17-21-45-27-5-7-28(8-6-27)46-22-18-40-14-10-38-12-16-42-20-24-48-32/h5-8,25-26H,3-4,9-24H2,1-2H3. The fourth-order valence-electron chi connectivity index (χ4n) is 4.11. The van der Waals surface area contributed by atoms with E-state index in [-0.39, 0.29) is 62.3 Å². The Bertz CT molecular complexity index is 1080. The van der Waals surface area contributed by atoms with Crippen LogP contribution in [-0.2, 0) is 37.9 Å². The van der Waals surface area contributed by atoms with Crippen LogP contribution in [0.1, 0.15) is 34.6 Å². The monoisotopic (exact) mass is 680 g/mol. The van der Waals surface area contributed by atoms with Crippen molar-refractivity contribution in [3.05, 3.63) is 47.5 Å². The number of carbonyl (C=O) groups excluding carboxylic acids is 2. The Morgan fingerprint density at radius 1 is 0.458 bits per heavy atom. The maximum Gasteiger partial charge on any atom is 0.342 e. The second-order valence-corrected chi connectivity index (χ2v) is 9.82. The zero-order chi connectivity index (χ0) is 34.1. The van der Waals surface area contributed by atoms with E-state index in [1.165, 1.54) is 12.1 Å². The van der Waals surface area contributed by atoms with Crippen molar-refractivity contribution in [2.45, 2.75) is 13.8 Å². The lowest BCUT2D eigenvalue weighted by molar-refractivity contribution is 0.00452. The van der Waals surface area contributed by atoms with Gasteiger partial charge in [-0.2, -0.15) is 0 Å². The molecule has 0 spiro atoms. The maximum atomic E-state index is 12.8. The summed E-state index contributed by atoms with van der Waals surface area (Å²) in [6.07, 6.45) is 0. The fourth-order valence-corrected chi connectivity index (χ4v) is 4.11. The predicted octanol–water partition coefficient (Wildman–Crippen LogP) is 3.37. The summed E-state index contributed by atoms with van der Waals surface area (Å²) in [6, 6.07) is 10.2. The maximum absolute atomic E-state index is 12.8. The molecule has 0 unspecified atom stereocenters. The van der Waals surface area contributed by atoms with Crippen molar-refractivity contribution in [3.63, 3.8) is 0 Å². The molecule has 4 heterocycles. The number of hydrogen-bond donors (Lipinski definition) is 0. The van der Waals surface area contributed by atoms with Crippen molar-refractivity contribution < 1.29 is 66.4 Å². The number of rotatable bonds is 4. The minimum Gasteiger partial charge on any atom is -0.491 e. The van der Waals surface area contributed by atoms with Gasteiger partial charge in [-0.05, 0) is 50.2 Å². The molecule has 0 aliphatic carbocycles. The van der Waals surface area contributed by atoms with Crippen LogP contribution >= 0.6 is 0 Å². The number of benzene rings is 2. The zero-order valence-corrected chi connectivity index (χ0v) is 27.9. The van der Waals surface area contributed by atoms with Crippen LogP contribution in [0.2, 0.25) is 0 Å². The minimum atomic E-state index is -0.623. The first-order valence-electron chi connectivity index (χ1n) is 16.2. The van der Waals surface area contributed by atoms with Gasteiger partial charge in [-0.15, -0.1) is 0 Å². The lowest BCUT2D eigenvalue weighted by atomic mass is 10.1. The molecule has 4 aliphatic heterocycles. The molecule has 0 saturated heterocycles. The molecule has 0 radical (unpaired) electrons. The Labute approximate surface area is 281 Å². The Kier molecular flexibility index (Phi) is 19.8. The molecule has 48 heavy (non-hydrogen) atoms. The molecule has 14 nitrogen and oxygen atoms in total. The van der Waals surface area contributed by atoms with Gasteiger partial charge < -0.3 is 56.8 Å². The molecule has 2 aromatic carbocycles. The fraction of sp³-hybridized carbons (Fsp3) is 0.588. The lowest BCUT2D eigenvalue weighted by Gasteiger charge is -2.17. The van der Waals surface area contributed by atoms with Crippen molar-refractivity contribution in [3.8, 4) is 23.0 Å². The smallest absolute Gasteiger partial charge is 0.342 e. The first-order chi connectivity index (χ1) is 23.6. The van der Waals surface area contributed by atoms with Crippen molar-refractivity contribution in [1.82, 2.24) is 0 Å². The Morgan fingerprint density at radius 3 is 1.02 bits per heavy atom. The third kappa shape index (κ3) is 15.5. The molecule has 268 valence electrons. The summed E-state index contributed by atoms with van der Waals surface area (Å²) < 4.78 is 66.9. The van der Waals surface area contributed by atoms with Crippen LogP contribution in [0, 0.1) is 0 Å². The average Bonchev–Trinajstić information content (AvgIpc) is 3.09. The number of ether oxygens (including phenoxy) is 12. The highest BCUT2D eigenvalue weighted by Crippen LogP contribution is 2.31. The Hall–Kier alpha value is -3.66. The Balaban J connectivity index is 1.55. The number of carbonyl (C=O) groups is 2. The molecule has 6 rings (SSSR count). The highest BCUT2D eigenvalue weighted by molar-refractivity contribution is 5.98. The van der Waals surface area contributed by atoms with Gasteiger partial charge in [0.15, 0.2) is 0 Å². The van der Waals surface area contributed by atoms with Crippen LogP contribution in [-0.4, -0.2) is 131 Å². The topological polar surface area (TPSA) is 145 Å². The van der Waals surface area contributed by atoms with Gasteiger partial charge in [-0.25, -0.2) is 9.59 Å². The molecule has 0 amide bonds. The van der Waals surface area contributed by atoms with Gasteiger partial charge in [0.25, 0.3) is 0 Å². The second-order valence-electron chi connectivity index (χ2n) is 9.82. The highest BCUT2D eigenvalue weighted by Gasteiger charge is 2.23. The van der Waals surface area contributed by atoms with Crippen molar-refractivity contribution in [1.29, 1.82) is 0 Å². The van der Waals surface area contributed by atoms with E-state index in [9.17, 15) is 9.59 Å². The van der Waals surface area contributed by atoms with Crippen molar-refractivity contribution in [2.75, 3.05) is 119 Å². The van der Waals surface area contributed by atoms with Gasteiger partial charge >= 0.3 is 11.9 Å². The summed E-state index contributed by atoms with van der Waals surface area (Å²) in [6.45, 7) is 9.03. The van der Waals surface area contributed by atoms with Crippen molar-refractivity contribution in [2.24, 2.45) is 0 Å². The number of hydrogen-bond acceptors (Lipinski definition) is 14. The van der Waals surface area contributed by atoms with Gasteiger partial charge in [0, 0.05) is 0 Å². The summed E-state index contributed by atoms with van der Waals surface area (Å²) in [5.74, 6) is 0.482. The summed E-state index contributed by atoms with van der Waals surface area (Å²) in [5.41, 5.74) is 0.207. The molecule has 4 aliphatic rings. The van der Waals surface area contributed by atoms with Gasteiger partial charge in [-0.1, -0.05) is 0 Å². The molecule has 0 N–H and O–H groups in total. The zero-order valence-electron chi connectivity index (χ0n) is 27.9. The third-order valence-corrected chi connectivity index (χ3v) is 6.35. The Morgan fingerprint density at radius 2 is 0.729 bits per heavy atom. The molecular formula is C34H48O14. The first kappa shape index (κ1) is 38.8. The molecule has 4 bridgehead atoms. The van der Waals surface area contributed by atoms with E-state index >= 15 is 0 Å². The molecule has 0 atom stereocenters. The van der Waals surface area contributed by atoms with E-state index in [0.717, 1.165) is 11.5 Å². The van der Waals surface area contributed by atoms with E-state index in [2.05, 4.69) is 0 Å². The van der Waals surface area contributed by atoms with Crippen LogP contribution in [0.4, 0.5) is 0 Å². The van der Waals surface area contributed by atoms with E-state index in [4.69, 9.17) is 56.8 Å². The normalized spacial score (nSPS) is 17.4. The largest absolute Gasteiger partial charge is 0.491 e. The average molecular weight is 681 g/mol. The van der Waals surface area contributed by atoms with Gasteiger partial charge in [-0.3, -0.25) is 0 Å².